The Bertz CT molecular complexity index is 778. The van der Waals surface area contributed by atoms with Crippen LogP contribution in [-0.4, -0.2) is 19.6 Å². The quantitative estimate of drug-likeness (QED) is 0.532. The van der Waals surface area contributed by atoms with Crippen molar-refractivity contribution in [1.82, 2.24) is 19.6 Å². The second-order valence-corrected chi connectivity index (χ2v) is 5.68. The first kappa shape index (κ1) is 12.3. The topological polar surface area (TPSA) is 69.1 Å². The maximum absolute atomic E-state index is 6.05. The summed E-state index contributed by atoms with van der Waals surface area (Å²) < 4.78 is 3.03. The maximum atomic E-state index is 6.05. The lowest BCUT2D eigenvalue weighted by molar-refractivity contribution is 1.02. The van der Waals surface area contributed by atoms with Crippen molar-refractivity contribution in [3.8, 4) is 11.4 Å². The van der Waals surface area contributed by atoms with Crippen molar-refractivity contribution in [1.29, 1.82) is 0 Å². The highest BCUT2D eigenvalue weighted by molar-refractivity contribution is 14.1. The standard InChI is InChI=1S/C13H12IN5/c1-7-5-8(2)19-12(17-18-13(19)16-7)10-6-9(14)3-4-11(10)15/h3-6H,15H2,1-2H3. The van der Waals surface area contributed by atoms with Gasteiger partial charge >= 0.3 is 0 Å². The third-order valence-electron chi connectivity index (χ3n) is 2.95. The predicted molar refractivity (Wildman–Crippen MR) is 82.8 cm³/mol. The van der Waals surface area contributed by atoms with Gasteiger partial charge < -0.3 is 5.73 Å². The van der Waals surface area contributed by atoms with Crippen LogP contribution in [0.25, 0.3) is 17.2 Å². The van der Waals surface area contributed by atoms with Gasteiger partial charge in [0.05, 0.1) is 0 Å². The molecule has 0 unspecified atom stereocenters. The number of nitrogens with zero attached hydrogens (tertiary/aromatic N) is 4. The number of aryl methyl sites for hydroxylation is 2. The Balaban J connectivity index is 2.34. The first-order chi connectivity index (χ1) is 9.06. The molecule has 3 aromatic rings. The monoisotopic (exact) mass is 365 g/mol. The van der Waals surface area contributed by atoms with Crippen molar-refractivity contribution in [2.45, 2.75) is 13.8 Å². The molecule has 2 aromatic heterocycles. The Hall–Kier alpha value is -1.70. The van der Waals surface area contributed by atoms with Crippen LogP contribution in [0, 0.1) is 17.4 Å². The number of halogens is 1. The summed E-state index contributed by atoms with van der Waals surface area (Å²) in [5.74, 6) is 1.33. The average Bonchev–Trinajstić information content (AvgIpc) is 2.76. The molecule has 2 heterocycles. The molecule has 0 aliphatic carbocycles. The highest BCUT2D eigenvalue weighted by Gasteiger charge is 2.14. The molecular formula is C13H12IN5. The number of rotatable bonds is 1. The normalized spacial score (nSPS) is 11.1. The molecule has 3 rings (SSSR count). The summed E-state index contributed by atoms with van der Waals surface area (Å²) in [4.78, 5) is 4.38. The van der Waals surface area contributed by atoms with Crippen molar-refractivity contribution >= 4 is 34.1 Å². The van der Waals surface area contributed by atoms with E-state index in [4.69, 9.17) is 5.73 Å². The largest absolute Gasteiger partial charge is 0.398 e. The predicted octanol–water partition coefficient (Wildman–Crippen LogP) is 2.59. The van der Waals surface area contributed by atoms with Crippen molar-refractivity contribution in [2.24, 2.45) is 0 Å². The smallest absolute Gasteiger partial charge is 0.255 e. The first-order valence-corrected chi connectivity index (χ1v) is 6.89. The third kappa shape index (κ3) is 2.05. The molecule has 0 aliphatic rings. The van der Waals surface area contributed by atoms with Gasteiger partial charge in [-0.25, -0.2) is 4.98 Å². The lowest BCUT2D eigenvalue weighted by atomic mass is 10.1. The maximum Gasteiger partial charge on any atom is 0.255 e. The van der Waals surface area contributed by atoms with E-state index >= 15 is 0 Å². The van der Waals surface area contributed by atoms with Crippen LogP contribution >= 0.6 is 22.6 Å². The number of nitrogen functional groups attached to an aromatic ring is 1. The van der Waals surface area contributed by atoms with Gasteiger partial charge in [-0.05, 0) is 60.7 Å². The van der Waals surface area contributed by atoms with E-state index in [1.807, 2.05) is 42.5 Å². The van der Waals surface area contributed by atoms with Gasteiger partial charge in [0.2, 0.25) is 0 Å². The molecule has 0 saturated carbocycles. The molecule has 6 heteroatoms. The summed E-state index contributed by atoms with van der Waals surface area (Å²) >= 11 is 2.26. The van der Waals surface area contributed by atoms with Crippen LogP contribution in [-0.2, 0) is 0 Å². The van der Waals surface area contributed by atoms with Crippen molar-refractivity contribution in [2.75, 3.05) is 5.73 Å². The number of hydrogen-bond donors (Lipinski definition) is 1. The van der Waals surface area contributed by atoms with Crippen LogP contribution in [0.1, 0.15) is 11.4 Å². The van der Waals surface area contributed by atoms with E-state index in [-0.39, 0.29) is 0 Å². The van der Waals surface area contributed by atoms with Crippen LogP contribution in [0.15, 0.2) is 24.3 Å². The summed E-state index contributed by atoms with van der Waals surface area (Å²) in [6, 6.07) is 7.86. The number of nitrogens with two attached hydrogens (primary N) is 1. The van der Waals surface area contributed by atoms with E-state index in [1.165, 1.54) is 0 Å². The molecule has 5 nitrogen and oxygen atoms in total. The van der Waals surface area contributed by atoms with Crippen LogP contribution in [0.4, 0.5) is 5.69 Å². The van der Waals surface area contributed by atoms with Crippen molar-refractivity contribution in [3.05, 3.63) is 39.2 Å². The van der Waals surface area contributed by atoms with Gasteiger partial charge in [-0.1, -0.05) is 0 Å². The number of aromatic nitrogens is 4. The fraction of sp³-hybridized carbons (Fsp3) is 0.154. The fourth-order valence-electron chi connectivity index (χ4n) is 2.13. The zero-order chi connectivity index (χ0) is 13.6. The zero-order valence-electron chi connectivity index (χ0n) is 10.6. The molecule has 0 bridgehead atoms. The minimum Gasteiger partial charge on any atom is -0.398 e. The first-order valence-electron chi connectivity index (χ1n) is 5.81. The van der Waals surface area contributed by atoms with Gasteiger partial charge in [-0.15, -0.1) is 10.2 Å². The Morgan fingerprint density at radius 2 is 1.95 bits per heavy atom. The lowest BCUT2D eigenvalue weighted by Crippen LogP contribution is -2.00. The second kappa shape index (κ2) is 4.44. The highest BCUT2D eigenvalue weighted by Crippen LogP contribution is 2.27. The second-order valence-electron chi connectivity index (χ2n) is 4.43. The molecule has 0 fully saturated rings. The Morgan fingerprint density at radius 1 is 1.16 bits per heavy atom. The van der Waals surface area contributed by atoms with Crippen molar-refractivity contribution in [3.63, 3.8) is 0 Å². The Kier molecular flexibility index (Phi) is 2.89. The number of fused-ring (bicyclic) bond motifs is 1. The van der Waals surface area contributed by atoms with Crippen LogP contribution in [0.2, 0.25) is 0 Å². The van der Waals surface area contributed by atoms with E-state index in [2.05, 4.69) is 37.8 Å². The minimum absolute atomic E-state index is 0.603. The Morgan fingerprint density at radius 3 is 2.74 bits per heavy atom. The molecule has 0 saturated heterocycles. The van der Waals surface area contributed by atoms with E-state index < -0.39 is 0 Å². The summed E-state index contributed by atoms with van der Waals surface area (Å²) in [7, 11) is 0. The molecular weight excluding hydrogens is 353 g/mol. The summed E-state index contributed by atoms with van der Waals surface area (Å²) in [6.45, 7) is 3.96. The summed E-state index contributed by atoms with van der Waals surface area (Å²) in [5, 5.41) is 8.37. The fourth-order valence-corrected chi connectivity index (χ4v) is 2.62. The molecule has 96 valence electrons. The molecule has 19 heavy (non-hydrogen) atoms. The van der Waals surface area contributed by atoms with Gasteiger partial charge in [0.25, 0.3) is 5.78 Å². The zero-order valence-corrected chi connectivity index (χ0v) is 12.7. The highest BCUT2D eigenvalue weighted by atomic mass is 127. The van der Waals surface area contributed by atoms with Crippen LogP contribution in [0.3, 0.4) is 0 Å². The van der Waals surface area contributed by atoms with Gasteiger partial charge in [-0.3, -0.25) is 4.40 Å². The van der Waals surface area contributed by atoms with Crippen LogP contribution in [0.5, 0.6) is 0 Å². The van der Waals surface area contributed by atoms with Gasteiger partial charge in [0.15, 0.2) is 5.82 Å². The van der Waals surface area contributed by atoms with E-state index in [0.717, 1.165) is 26.3 Å². The lowest BCUT2D eigenvalue weighted by Gasteiger charge is -2.07. The number of anilines is 1. The number of hydrogen-bond acceptors (Lipinski definition) is 4. The molecule has 0 atom stereocenters. The van der Waals surface area contributed by atoms with E-state index in [0.29, 0.717) is 11.5 Å². The van der Waals surface area contributed by atoms with E-state index in [1.54, 1.807) is 0 Å². The Labute approximate surface area is 124 Å². The van der Waals surface area contributed by atoms with E-state index in [9.17, 15) is 0 Å². The molecule has 0 amide bonds. The molecule has 0 radical (unpaired) electrons. The molecule has 0 spiro atoms. The number of benzene rings is 1. The third-order valence-corrected chi connectivity index (χ3v) is 3.62. The summed E-state index contributed by atoms with van der Waals surface area (Å²) in [6.07, 6.45) is 0. The molecule has 1 aromatic carbocycles. The minimum atomic E-state index is 0.603. The van der Waals surface area contributed by atoms with Gasteiger partial charge in [0.1, 0.15) is 0 Å². The summed E-state index contributed by atoms with van der Waals surface area (Å²) in [5.41, 5.74) is 9.59. The van der Waals surface area contributed by atoms with Gasteiger partial charge in [0, 0.05) is 26.2 Å². The SMILES string of the molecule is Cc1cc(C)n2c(-c3cc(I)ccc3N)nnc2n1. The average molecular weight is 365 g/mol. The van der Waals surface area contributed by atoms with Gasteiger partial charge in [-0.2, -0.15) is 0 Å². The van der Waals surface area contributed by atoms with Crippen molar-refractivity contribution < 1.29 is 0 Å². The molecule has 0 aliphatic heterocycles. The van der Waals surface area contributed by atoms with Crippen LogP contribution < -0.4 is 5.73 Å². The molecule has 2 N–H and O–H groups in total.